The maximum absolute atomic E-state index is 5.43. The topological polar surface area (TPSA) is 55.4 Å². The maximum atomic E-state index is 5.43. The lowest BCUT2D eigenvalue weighted by atomic mass is 10.3. The Kier molecular flexibility index (Phi) is 18.9. The molecule has 0 aromatic rings. The number of hydrogen-bond donors (Lipinski definition) is 0. The van der Waals surface area contributed by atoms with Gasteiger partial charge in [-0.15, -0.1) is 0 Å². The molecule has 0 saturated heterocycles. The third-order valence-corrected chi connectivity index (χ3v) is 2.50. The van der Waals surface area contributed by atoms with E-state index in [1.807, 2.05) is 0 Å². The molecule has 0 radical (unpaired) electrons. The van der Waals surface area contributed by atoms with Crippen LogP contribution < -0.4 is 0 Å². The molecular weight excluding hydrogens is 288 g/mol. The van der Waals surface area contributed by atoms with E-state index in [1.165, 1.54) is 12.5 Å². The summed E-state index contributed by atoms with van der Waals surface area (Å²) in [5.74, 6) is 0. The first kappa shape index (κ1) is 20.9. The highest BCUT2D eigenvalue weighted by atomic mass is 16.5. The molecule has 0 bridgehead atoms. The van der Waals surface area contributed by atoms with Crippen LogP contribution in [0.4, 0.5) is 0 Å². The molecule has 6 nitrogen and oxygen atoms in total. The molecule has 0 aliphatic rings. The first-order valence-corrected chi connectivity index (χ1v) is 7.67. The van der Waals surface area contributed by atoms with Crippen LogP contribution in [0.25, 0.3) is 0 Å². The van der Waals surface area contributed by atoms with Gasteiger partial charge in [0.15, 0.2) is 0 Å². The lowest BCUT2D eigenvalue weighted by molar-refractivity contribution is 0.0202. The summed E-state index contributed by atoms with van der Waals surface area (Å²) < 4.78 is 31.3. The third-order valence-electron chi connectivity index (χ3n) is 2.50. The number of hydrogen-bond acceptors (Lipinski definition) is 6. The molecule has 0 atom stereocenters. The quantitative estimate of drug-likeness (QED) is 0.269. The van der Waals surface area contributed by atoms with E-state index in [4.69, 9.17) is 28.4 Å². The average Bonchev–Trinajstić information content (AvgIpc) is 2.54. The predicted octanol–water partition coefficient (Wildman–Crippen LogP) is 2.15. The average molecular weight is 318 g/mol. The summed E-state index contributed by atoms with van der Waals surface area (Å²) >= 11 is 0. The van der Waals surface area contributed by atoms with Crippen LogP contribution in [0.5, 0.6) is 0 Å². The summed E-state index contributed by atoms with van der Waals surface area (Å²) in [5.41, 5.74) is 0. The monoisotopic (exact) mass is 318 g/mol. The molecule has 0 unspecified atom stereocenters. The molecule has 0 saturated carbocycles. The van der Waals surface area contributed by atoms with Gasteiger partial charge >= 0.3 is 0 Å². The number of ether oxygens (including phenoxy) is 6. The molecule has 130 valence electrons. The van der Waals surface area contributed by atoms with E-state index in [0.717, 1.165) is 26.1 Å². The van der Waals surface area contributed by atoms with Crippen LogP contribution in [-0.4, -0.2) is 66.1 Å². The lowest BCUT2D eigenvalue weighted by Gasteiger charge is -2.07. The molecule has 0 aromatic carbocycles. The summed E-state index contributed by atoms with van der Waals surface area (Å²) in [6.07, 6.45) is 4.78. The second kappa shape index (κ2) is 19.9. The Morgan fingerprint density at radius 2 is 0.773 bits per heavy atom. The molecule has 0 rings (SSSR count). The van der Waals surface area contributed by atoms with Crippen molar-refractivity contribution in [1.29, 1.82) is 0 Å². The number of rotatable bonds is 19. The van der Waals surface area contributed by atoms with E-state index in [1.54, 1.807) is 0 Å². The smallest absolute Gasteiger partial charge is 0.111 e. The Morgan fingerprint density at radius 1 is 0.455 bits per heavy atom. The van der Waals surface area contributed by atoms with Gasteiger partial charge in [-0.05, 0) is 12.8 Å². The van der Waals surface area contributed by atoms with Gasteiger partial charge in [-0.25, -0.2) is 0 Å². The van der Waals surface area contributed by atoms with Gasteiger partial charge in [0, 0.05) is 13.2 Å². The van der Waals surface area contributed by atoms with Crippen molar-refractivity contribution in [2.45, 2.75) is 12.8 Å². The molecule has 0 aliphatic heterocycles. The van der Waals surface area contributed by atoms with Gasteiger partial charge in [0.2, 0.25) is 0 Å². The lowest BCUT2D eigenvalue weighted by Crippen LogP contribution is -2.10. The molecule has 0 amide bonds. The minimum absolute atomic E-state index is 0.534. The normalized spacial score (nSPS) is 10.4. The fourth-order valence-corrected chi connectivity index (χ4v) is 1.43. The van der Waals surface area contributed by atoms with Crippen LogP contribution in [0.15, 0.2) is 25.7 Å². The predicted molar refractivity (Wildman–Crippen MR) is 84.8 cm³/mol. The van der Waals surface area contributed by atoms with Crippen molar-refractivity contribution in [3.8, 4) is 0 Å². The third kappa shape index (κ3) is 18.9. The summed E-state index contributed by atoms with van der Waals surface area (Å²) in [4.78, 5) is 0. The van der Waals surface area contributed by atoms with Crippen molar-refractivity contribution in [3.63, 3.8) is 0 Å². The summed E-state index contributed by atoms with van der Waals surface area (Å²) in [5, 5.41) is 0. The minimum atomic E-state index is 0.534. The van der Waals surface area contributed by atoms with Crippen molar-refractivity contribution in [2.75, 3.05) is 66.1 Å². The van der Waals surface area contributed by atoms with Crippen LogP contribution in [0.2, 0.25) is 0 Å². The summed E-state index contributed by atoms with van der Waals surface area (Å²) in [6.45, 7) is 12.9. The van der Waals surface area contributed by atoms with Crippen LogP contribution in [0.3, 0.4) is 0 Å². The molecule has 0 heterocycles. The van der Waals surface area contributed by atoms with Crippen molar-refractivity contribution >= 4 is 0 Å². The van der Waals surface area contributed by atoms with E-state index in [0.29, 0.717) is 52.9 Å². The Labute approximate surface area is 134 Å². The van der Waals surface area contributed by atoms with Crippen LogP contribution in [0, 0.1) is 0 Å². The van der Waals surface area contributed by atoms with E-state index in [9.17, 15) is 0 Å². The van der Waals surface area contributed by atoms with Crippen molar-refractivity contribution in [3.05, 3.63) is 25.7 Å². The van der Waals surface area contributed by atoms with Gasteiger partial charge in [0.1, 0.15) is 13.2 Å². The van der Waals surface area contributed by atoms with Gasteiger partial charge in [-0.3, -0.25) is 0 Å². The van der Waals surface area contributed by atoms with Crippen molar-refractivity contribution in [1.82, 2.24) is 0 Å². The van der Waals surface area contributed by atoms with Crippen molar-refractivity contribution < 1.29 is 28.4 Å². The van der Waals surface area contributed by atoms with Crippen molar-refractivity contribution in [2.24, 2.45) is 0 Å². The van der Waals surface area contributed by atoms with Gasteiger partial charge in [0.05, 0.1) is 52.2 Å². The minimum Gasteiger partial charge on any atom is -0.499 e. The van der Waals surface area contributed by atoms with Gasteiger partial charge in [-0.1, -0.05) is 13.2 Å². The number of unbranched alkanes of at least 4 members (excludes halogenated alkanes) is 1. The van der Waals surface area contributed by atoms with Crippen LogP contribution >= 0.6 is 0 Å². The Hall–Kier alpha value is -1.08. The molecule has 6 heteroatoms. The van der Waals surface area contributed by atoms with Gasteiger partial charge in [-0.2, -0.15) is 0 Å². The largest absolute Gasteiger partial charge is 0.499 e. The van der Waals surface area contributed by atoms with Crippen LogP contribution in [0.1, 0.15) is 12.8 Å². The van der Waals surface area contributed by atoms with E-state index in [-0.39, 0.29) is 0 Å². The second-order valence-corrected chi connectivity index (χ2v) is 4.23. The highest BCUT2D eigenvalue weighted by Crippen LogP contribution is 1.92. The Balaban J connectivity index is 2.94. The molecule has 0 aromatic heterocycles. The zero-order valence-corrected chi connectivity index (χ0v) is 13.5. The molecule has 0 aliphatic carbocycles. The first-order chi connectivity index (χ1) is 10.9. The first-order valence-electron chi connectivity index (χ1n) is 7.67. The summed E-state index contributed by atoms with van der Waals surface area (Å²) in [6, 6.07) is 0. The SMILES string of the molecule is C=COCCOCCOCCCCOCCOCCOC=C. The highest BCUT2D eigenvalue weighted by molar-refractivity contribution is 4.48. The fraction of sp³-hybridized carbons (Fsp3) is 0.750. The van der Waals surface area contributed by atoms with Gasteiger partial charge in [0.25, 0.3) is 0 Å². The standard InChI is InChI=1S/C16H30O6/c1-3-17-9-11-21-15-13-19-7-5-6-8-20-14-16-22-12-10-18-4-2/h3-4H,1-2,5-16H2. The zero-order chi connectivity index (χ0) is 16.1. The van der Waals surface area contributed by atoms with E-state index >= 15 is 0 Å². The summed E-state index contributed by atoms with van der Waals surface area (Å²) in [7, 11) is 0. The Bertz CT molecular complexity index is 211. The molecular formula is C16H30O6. The molecule has 0 fully saturated rings. The maximum Gasteiger partial charge on any atom is 0.111 e. The fourth-order valence-electron chi connectivity index (χ4n) is 1.43. The van der Waals surface area contributed by atoms with Crippen LogP contribution in [-0.2, 0) is 28.4 Å². The Morgan fingerprint density at radius 3 is 1.14 bits per heavy atom. The van der Waals surface area contributed by atoms with Gasteiger partial charge < -0.3 is 28.4 Å². The molecule has 22 heavy (non-hydrogen) atoms. The molecule has 0 N–H and O–H groups in total. The van der Waals surface area contributed by atoms with E-state index in [2.05, 4.69) is 13.2 Å². The van der Waals surface area contributed by atoms with E-state index < -0.39 is 0 Å². The zero-order valence-electron chi connectivity index (χ0n) is 13.5. The molecule has 0 spiro atoms. The second-order valence-electron chi connectivity index (χ2n) is 4.23. The highest BCUT2D eigenvalue weighted by Gasteiger charge is 1.93.